The van der Waals surface area contributed by atoms with E-state index < -0.39 is 24.0 Å². The van der Waals surface area contributed by atoms with Crippen LogP contribution in [0.3, 0.4) is 0 Å². The predicted molar refractivity (Wildman–Crippen MR) is 84.1 cm³/mol. The number of amides is 1. The second-order valence-electron chi connectivity index (χ2n) is 6.78. The zero-order valence-corrected chi connectivity index (χ0v) is 14.1. The van der Waals surface area contributed by atoms with Gasteiger partial charge in [-0.15, -0.1) is 0 Å². The number of ether oxygens (including phenoxy) is 3. The van der Waals surface area contributed by atoms with Gasteiger partial charge in [0, 0.05) is 13.0 Å². The van der Waals surface area contributed by atoms with E-state index in [4.69, 9.17) is 14.2 Å². The molecule has 7 nitrogen and oxygen atoms in total. The normalized spacial score (nSPS) is 36.0. The Morgan fingerprint density at radius 2 is 2.21 bits per heavy atom. The van der Waals surface area contributed by atoms with Crippen LogP contribution in [0, 0.1) is 11.8 Å². The number of carbonyl (C=O) groups excluding carboxylic acids is 1. The summed E-state index contributed by atoms with van der Waals surface area (Å²) in [5.41, 5.74) is -0.160. The second kappa shape index (κ2) is 6.63. The van der Waals surface area contributed by atoms with Crippen LogP contribution < -0.4 is 5.32 Å². The van der Waals surface area contributed by atoms with Crippen molar-refractivity contribution in [3.63, 3.8) is 0 Å². The largest absolute Gasteiger partial charge is 0.478 e. The summed E-state index contributed by atoms with van der Waals surface area (Å²) in [7, 11) is 1.48. The van der Waals surface area contributed by atoms with Crippen molar-refractivity contribution >= 4 is 12.1 Å². The van der Waals surface area contributed by atoms with Gasteiger partial charge in [0.1, 0.15) is 5.60 Å². The second-order valence-corrected chi connectivity index (χ2v) is 6.78. The number of epoxide rings is 1. The zero-order valence-electron chi connectivity index (χ0n) is 14.1. The van der Waals surface area contributed by atoms with E-state index in [1.807, 2.05) is 0 Å². The van der Waals surface area contributed by atoms with Crippen molar-refractivity contribution < 1.29 is 28.9 Å². The van der Waals surface area contributed by atoms with Crippen LogP contribution in [0.25, 0.3) is 0 Å². The maximum Gasteiger partial charge on any atom is 0.409 e. The van der Waals surface area contributed by atoms with Crippen molar-refractivity contribution in [3.05, 3.63) is 11.8 Å². The molecule has 2 N–H and O–H groups in total. The molecule has 5 atom stereocenters. The molecular weight excluding hydrogens is 314 g/mol. The summed E-state index contributed by atoms with van der Waals surface area (Å²) in [6.07, 6.45) is 5.83. The number of alkyl carbamates (subject to hydrolysis) is 1. The molecular formula is C17H25NO6. The standard InChI is InChI=1S/C17H25NO6/c1-3-4-5-6-7-17-12(24-17)8-10-11(14(19)20)9-22-15(13(10)17)23-16(21)18-2/h9-10,12-13,15H,3-8H2,1-2H3,(H,18,21)(H,19,20)/t10-,12+,13+,15+,17+/m1/s1. The van der Waals surface area contributed by atoms with E-state index in [0.717, 1.165) is 25.7 Å². The fourth-order valence-corrected chi connectivity index (χ4v) is 4.23. The highest BCUT2D eigenvalue weighted by Gasteiger charge is 2.72. The van der Waals surface area contributed by atoms with E-state index in [2.05, 4.69) is 12.2 Å². The molecule has 0 aromatic heterocycles. The third-order valence-electron chi connectivity index (χ3n) is 5.43. The maximum atomic E-state index is 11.6. The Morgan fingerprint density at radius 3 is 2.88 bits per heavy atom. The van der Waals surface area contributed by atoms with E-state index in [1.54, 1.807) is 0 Å². The Bertz CT molecular complexity index is 547. The van der Waals surface area contributed by atoms with Gasteiger partial charge in [-0.3, -0.25) is 0 Å². The first kappa shape index (κ1) is 17.1. The minimum Gasteiger partial charge on any atom is -0.478 e. The number of carboxylic acid groups (broad SMARTS) is 1. The van der Waals surface area contributed by atoms with Crippen molar-refractivity contribution in [3.8, 4) is 0 Å². The number of hydrogen-bond acceptors (Lipinski definition) is 5. The van der Waals surface area contributed by atoms with Crippen LogP contribution in [0.2, 0.25) is 0 Å². The fourth-order valence-electron chi connectivity index (χ4n) is 4.23. The maximum absolute atomic E-state index is 11.6. The van der Waals surface area contributed by atoms with Crippen molar-refractivity contribution in [1.82, 2.24) is 5.32 Å². The average molecular weight is 339 g/mol. The Balaban J connectivity index is 1.77. The molecule has 2 fully saturated rings. The molecule has 0 bridgehead atoms. The molecule has 1 saturated heterocycles. The van der Waals surface area contributed by atoms with Crippen molar-refractivity contribution in [2.45, 2.75) is 63.4 Å². The number of aliphatic carboxylic acids is 1. The molecule has 3 rings (SSSR count). The Kier molecular flexibility index (Phi) is 4.71. The van der Waals surface area contributed by atoms with Gasteiger partial charge in [-0.05, 0) is 12.8 Å². The number of rotatable bonds is 7. The molecule has 2 heterocycles. The predicted octanol–water partition coefficient (Wildman–Crippen LogP) is 2.41. The molecule has 2 aliphatic heterocycles. The van der Waals surface area contributed by atoms with Gasteiger partial charge < -0.3 is 24.6 Å². The lowest BCUT2D eigenvalue weighted by atomic mass is 9.79. The van der Waals surface area contributed by atoms with E-state index in [0.29, 0.717) is 6.42 Å². The van der Waals surface area contributed by atoms with E-state index in [9.17, 15) is 14.7 Å². The number of carboxylic acids is 1. The van der Waals surface area contributed by atoms with Gasteiger partial charge in [-0.25, -0.2) is 9.59 Å². The number of nitrogens with one attached hydrogen (secondary N) is 1. The smallest absolute Gasteiger partial charge is 0.409 e. The highest BCUT2D eigenvalue weighted by molar-refractivity contribution is 5.87. The highest BCUT2D eigenvalue weighted by Crippen LogP contribution is 2.63. The monoisotopic (exact) mass is 339 g/mol. The minimum atomic E-state index is -0.981. The molecule has 24 heavy (non-hydrogen) atoms. The van der Waals surface area contributed by atoms with E-state index in [1.165, 1.54) is 19.7 Å². The van der Waals surface area contributed by atoms with Crippen molar-refractivity contribution in [2.75, 3.05) is 7.05 Å². The van der Waals surface area contributed by atoms with Crippen LogP contribution in [-0.4, -0.2) is 42.2 Å². The van der Waals surface area contributed by atoms with Gasteiger partial charge in [-0.1, -0.05) is 32.6 Å². The summed E-state index contributed by atoms with van der Waals surface area (Å²) in [4.78, 5) is 23.1. The number of hydrogen-bond donors (Lipinski definition) is 2. The topological polar surface area (TPSA) is 97.4 Å². The van der Waals surface area contributed by atoms with Crippen molar-refractivity contribution in [1.29, 1.82) is 0 Å². The van der Waals surface area contributed by atoms with Crippen LogP contribution in [-0.2, 0) is 19.0 Å². The van der Waals surface area contributed by atoms with Gasteiger partial charge in [-0.2, -0.15) is 0 Å². The van der Waals surface area contributed by atoms with Crippen LogP contribution in [0.5, 0.6) is 0 Å². The molecule has 0 radical (unpaired) electrons. The first-order valence-corrected chi connectivity index (χ1v) is 8.68. The lowest BCUT2D eigenvalue weighted by molar-refractivity contribution is -0.150. The zero-order chi connectivity index (χ0) is 17.3. The van der Waals surface area contributed by atoms with Crippen LogP contribution in [0.4, 0.5) is 4.79 Å². The molecule has 0 spiro atoms. The third kappa shape index (κ3) is 2.85. The molecule has 7 heteroatoms. The SMILES string of the molecule is CCCCCC[C@]12O[C@H]1C[C@@H]1C(C(=O)O)=CO[C@@H](OC(=O)NC)[C@H]12. The molecule has 1 saturated carbocycles. The van der Waals surface area contributed by atoms with Gasteiger partial charge in [0.05, 0.1) is 23.9 Å². The average Bonchev–Trinajstić information content (AvgIpc) is 3.15. The summed E-state index contributed by atoms with van der Waals surface area (Å²) in [5, 5.41) is 11.8. The summed E-state index contributed by atoms with van der Waals surface area (Å²) in [6.45, 7) is 2.16. The number of unbranched alkanes of at least 4 members (excludes halogenated alkanes) is 3. The molecule has 1 aliphatic carbocycles. The third-order valence-corrected chi connectivity index (χ3v) is 5.43. The fraction of sp³-hybridized carbons (Fsp3) is 0.765. The van der Waals surface area contributed by atoms with Crippen LogP contribution in [0.1, 0.15) is 45.4 Å². The summed E-state index contributed by atoms with van der Waals surface area (Å²) < 4.78 is 16.8. The van der Waals surface area contributed by atoms with Gasteiger partial charge in [0.2, 0.25) is 0 Å². The van der Waals surface area contributed by atoms with E-state index in [-0.39, 0.29) is 23.5 Å². The highest BCUT2D eigenvalue weighted by atomic mass is 16.7. The summed E-state index contributed by atoms with van der Waals surface area (Å²) >= 11 is 0. The molecule has 1 amide bonds. The number of fused-ring (bicyclic) bond motifs is 3. The molecule has 0 aromatic rings. The van der Waals surface area contributed by atoms with Crippen LogP contribution in [0.15, 0.2) is 11.8 Å². The Hall–Kier alpha value is -1.76. The minimum absolute atomic E-state index is 0.0364. The van der Waals surface area contributed by atoms with Crippen LogP contribution >= 0.6 is 0 Å². The summed E-state index contributed by atoms with van der Waals surface area (Å²) in [6, 6.07) is 0. The van der Waals surface area contributed by atoms with Gasteiger partial charge >= 0.3 is 12.1 Å². The first-order chi connectivity index (χ1) is 11.5. The quantitative estimate of drug-likeness (QED) is 0.546. The molecule has 3 aliphatic rings. The first-order valence-electron chi connectivity index (χ1n) is 8.68. The van der Waals surface area contributed by atoms with E-state index >= 15 is 0 Å². The van der Waals surface area contributed by atoms with Gasteiger partial charge in [0.15, 0.2) is 0 Å². The summed E-state index contributed by atoms with van der Waals surface area (Å²) in [5.74, 6) is -1.45. The Labute approximate surface area is 141 Å². The van der Waals surface area contributed by atoms with Gasteiger partial charge in [0.25, 0.3) is 6.29 Å². The molecule has 134 valence electrons. The van der Waals surface area contributed by atoms with Crippen molar-refractivity contribution in [2.24, 2.45) is 11.8 Å². The Morgan fingerprint density at radius 1 is 1.42 bits per heavy atom. The molecule has 0 unspecified atom stereocenters. The lowest BCUT2D eigenvalue weighted by Crippen LogP contribution is -2.45. The molecule has 0 aromatic carbocycles. The lowest BCUT2D eigenvalue weighted by Gasteiger charge is -2.36. The number of carbonyl (C=O) groups is 2.